The number of nitrogens with one attached hydrogen (secondary N) is 1. The number of rotatable bonds is 4. The van der Waals surface area contributed by atoms with Crippen molar-refractivity contribution in [3.63, 3.8) is 0 Å². The Kier molecular flexibility index (Phi) is 3.27. The molecule has 1 saturated heterocycles. The lowest BCUT2D eigenvalue weighted by atomic mass is 9.29. The molecule has 0 radical (unpaired) electrons. The smallest absolute Gasteiger partial charge is 0.228 e. The number of para-hydroxylation sites is 1. The molecule has 2 bridgehead atoms. The number of hydrogen-bond acceptors (Lipinski definition) is 5. The minimum atomic E-state index is 0.475. The number of hydrogen-bond donors (Lipinski definition) is 1. The fraction of sp³-hybridized carbons (Fsp3) is 0.667. The Morgan fingerprint density at radius 1 is 1.07 bits per heavy atom. The Bertz CT molecular complexity index is 968. The largest absolute Gasteiger partial charge is 0.378 e. The standard InChI is InChI=1S/C24H30N4O/c1-15(23-13-17-10-16-11-18(14-23)24(17,23)12-16)25-21-19-4-2-3-5-20(19)26-22(27-21)28-6-8-29-9-7-28/h2-5,15-18H,6-14H2,1H3,(H,25,26,27). The van der Waals surface area contributed by atoms with Crippen molar-refractivity contribution in [1.82, 2.24) is 9.97 Å². The van der Waals surface area contributed by atoms with Gasteiger partial charge in [0.15, 0.2) is 0 Å². The van der Waals surface area contributed by atoms with Gasteiger partial charge in [0.2, 0.25) is 5.95 Å². The first-order chi connectivity index (χ1) is 14.2. The fourth-order valence-corrected chi connectivity index (χ4v) is 8.44. The molecule has 3 atom stereocenters. The molecule has 1 aliphatic heterocycles. The first-order valence-electron chi connectivity index (χ1n) is 11.6. The van der Waals surface area contributed by atoms with Crippen LogP contribution in [0, 0.1) is 28.6 Å². The minimum Gasteiger partial charge on any atom is -0.378 e. The molecular formula is C24H30N4O. The highest BCUT2D eigenvalue weighted by atomic mass is 16.5. The van der Waals surface area contributed by atoms with Crippen molar-refractivity contribution < 1.29 is 4.74 Å². The van der Waals surface area contributed by atoms with Gasteiger partial charge in [-0.1, -0.05) is 12.1 Å². The zero-order valence-corrected chi connectivity index (χ0v) is 17.2. The van der Waals surface area contributed by atoms with Crippen molar-refractivity contribution in [3.05, 3.63) is 24.3 Å². The Morgan fingerprint density at radius 3 is 2.59 bits per heavy atom. The molecule has 7 rings (SSSR count). The van der Waals surface area contributed by atoms with Gasteiger partial charge in [0.05, 0.1) is 18.7 Å². The predicted molar refractivity (Wildman–Crippen MR) is 114 cm³/mol. The maximum atomic E-state index is 5.53. The summed E-state index contributed by atoms with van der Waals surface area (Å²) in [4.78, 5) is 12.2. The van der Waals surface area contributed by atoms with E-state index in [1.54, 1.807) is 0 Å². The molecule has 1 spiro atoms. The molecular weight excluding hydrogens is 360 g/mol. The van der Waals surface area contributed by atoms with E-state index in [4.69, 9.17) is 14.7 Å². The van der Waals surface area contributed by atoms with Crippen LogP contribution < -0.4 is 10.2 Å². The summed E-state index contributed by atoms with van der Waals surface area (Å²) in [6.07, 6.45) is 7.42. The van der Waals surface area contributed by atoms with Gasteiger partial charge < -0.3 is 15.0 Å². The summed E-state index contributed by atoms with van der Waals surface area (Å²) in [6, 6.07) is 8.93. The normalized spacial score (nSPS) is 40.3. The molecule has 1 N–H and O–H groups in total. The van der Waals surface area contributed by atoms with E-state index in [-0.39, 0.29) is 0 Å². The van der Waals surface area contributed by atoms with Crippen LogP contribution >= 0.6 is 0 Å². The summed E-state index contributed by atoms with van der Waals surface area (Å²) in [5.41, 5.74) is 2.23. The molecule has 5 fully saturated rings. The van der Waals surface area contributed by atoms with E-state index in [1.165, 1.54) is 32.1 Å². The van der Waals surface area contributed by atoms with Gasteiger partial charge in [0, 0.05) is 24.5 Å². The second-order valence-electron chi connectivity index (χ2n) is 10.4. The maximum Gasteiger partial charge on any atom is 0.228 e. The summed E-state index contributed by atoms with van der Waals surface area (Å²) in [6.45, 7) is 5.67. The molecule has 2 aromatic rings. The van der Waals surface area contributed by atoms with Crippen LogP contribution in [0.15, 0.2) is 24.3 Å². The fourth-order valence-electron chi connectivity index (χ4n) is 8.44. The SMILES string of the molecule is CC(Nc1nc(N2CCOCC2)nc2ccccc12)C12CC3CC4CC(C1)C32C4. The van der Waals surface area contributed by atoms with E-state index in [0.29, 0.717) is 16.9 Å². The number of anilines is 2. The number of aromatic nitrogens is 2. The van der Waals surface area contributed by atoms with Crippen molar-refractivity contribution in [3.8, 4) is 0 Å². The summed E-state index contributed by atoms with van der Waals surface area (Å²) in [5.74, 6) is 4.95. The third kappa shape index (κ3) is 2.00. The van der Waals surface area contributed by atoms with Crippen molar-refractivity contribution in [1.29, 1.82) is 0 Å². The Morgan fingerprint density at radius 2 is 1.83 bits per heavy atom. The van der Waals surface area contributed by atoms with Crippen LogP contribution in [0.3, 0.4) is 0 Å². The molecule has 1 aromatic heterocycles. The summed E-state index contributed by atoms with van der Waals surface area (Å²) in [7, 11) is 0. The van der Waals surface area contributed by atoms with E-state index in [0.717, 1.165) is 66.7 Å². The molecule has 5 nitrogen and oxygen atoms in total. The molecule has 152 valence electrons. The van der Waals surface area contributed by atoms with Crippen LogP contribution in [-0.4, -0.2) is 42.3 Å². The van der Waals surface area contributed by atoms with E-state index in [2.05, 4.69) is 41.4 Å². The first-order valence-corrected chi connectivity index (χ1v) is 11.6. The topological polar surface area (TPSA) is 50.3 Å². The van der Waals surface area contributed by atoms with Crippen molar-refractivity contribution in [2.75, 3.05) is 36.5 Å². The number of benzene rings is 1. The lowest BCUT2D eigenvalue weighted by Crippen LogP contribution is -2.73. The molecule has 3 unspecified atom stereocenters. The van der Waals surface area contributed by atoms with E-state index >= 15 is 0 Å². The third-order valence-corrected chi connectivity index (χ3v) is 9.53. The zero-order chi connectivity index (χ0) is 19.2. The summed E-state index contributed by atoms with van der Waals surface area (Å²) < 4.78 is 5.53. The highest BCUT2D eigenvalue weighted by molar-refractivity contribution is 5.90. The number of fused-ring (bicyclic) bond motifs is 2. The molecule has 1 aromatic carbocycles. The molecule has 5 heteroatoms. The van der Waals surface area contributed by atoms with Gasteiger partial charge in [-0.15, -0.1) is 0 Å². The molecule has 4 saturated carbocycles. The molecule has 0 amide bonds. The van der Waals surface area contributed by atoms with E-state index in [1.807, 2.05) is 0 Å². The van der Waals surface area contributed by atoms with Gasteiger partial charge >= 0.3 is 0 Å². The average Bonchev–Trinajstić information content (AvgIpc) is 3.26. The quantitative estimate of drug-likeness (QED) is 0.852. The highest BCUT2D eigenvalue weighted by Crippen LogP contribution is 2.87. The molecule has 5 aliphatic rings. The van der Waals surface area contributed by atoms with Gasteiger partial charge in [0.1, 0.15) is 5.82 Å². The van der Waals surface area contributed by atoms with Crippen LogP contribution in [0.25, 0.3) is 10.9 Å². The van der Waals surface area contributed by atoms with Crippen LogP contribution in [-0.2, 0) is 4.74 Å². The number of morpholine rings is 1. The minimum absolute atomic E-state index is 0.475. The molecule has 29 heavy (non-hydrogen) atoms. The van der Waals surface area contributed by atoms with Crippen LogP contribution in [0.4, 0.5) is 11.8 Å². The molecule has 2 heterocycles. The van der Waals surface area contributed by atoms with Crippen LogP contribution in [0.5, 0.6) is 0 Å². The Hall–Kier alpha value is -1.88. The first kappa shape index (κ1) is 16.9. The van der Waals surface area contributed by atoms with Crippen molar-refractivity contribution >= 4 is 22.7 Å². The average molecular weight is 391 g/mol. The maximum absolute atomic E-state index is 5.53. The van der Waals surface area contributed by atoms with Gasteiger partial charge in [0.25, 0.3) is 0 Å². The van der Waals surface area contributed by atoms with E-state index < -0.39 is 0 Å². The van der Waals surface area contributed by atoms with Gasteiger partial charge in [-0.05, 0) is 79.7 Å². The highest BCUT2D eigenvalue weighted by Gasteiger charge is 2.81. The van der Waals surface area contributed by atoms with Gasteiger partial charge in [-0.3, -0.25) is 0 Å². The lowest BCUT2D eigenvalue weighted by molar-refractivity contribution is -0.266. The monoisotopic (exact) mass is 390 g/mol. The van der Waals surface area contributed by atoms with Gasteiger partial charge in [-0.2, -0.15) is 4.98 Å². The van der Waals surface area contributed by atoms with Crippen LogP contribution in [0.2, 0.25) is 0 Å². The molecule has 4 aliphatic carbocycles. The summed E-state index contributed by atoms with van der Waals surface area (Å²) >= 11 is 0. The zero-order valence-electron chi connectivity index (χ0n) is 17.2. The number of nitrogens with zero attached hydrogens (tertiary/aromatic N) is 3. The second kappa shape index (κ2) is 5.63. The Balaban J connectivity index is 1.24. The number of ether oxygens (including phenoxy) is 1. The Labute approximate surface area is 172 Å². The van der Waals surface area contributed by atoms with Crippen molar-refractivity contribution in [2.45, 2.75) is 45.1 Å². The summed E-state index contributed by atoms with van der Waals surface area (Å²) in [5, 5.41) is 5.07. The lowest BCUT2D eigenvalue weighted by Gasteiger charge is -2.76. The predicted octanol–water partition coefficient (Wildman–Crippen LogP) is 4.09. The second-order valence-corrected chi connectivity index (χ2v) is 10.4. The van der Waals surface area contributed by atoms with E-state index in [9.17, 15) is 0 Å². The van der Waals surface area contributed by atoms with Crippen molar-refractivity contribution in [2.24, 2.45) is 28.6 Å². The third-order valence-electron chi connectivity index (χ3n) is 9.53. The van der Waals surface area contributed by atoms with Gasteiger partial charge in [-0.25, -0.2) is 4.98 Å². The van der Waals surface area contributed by atoms with Crippen LogP contribution in [0.1, 0.15) is 39.0 Å².